The molecular formula is C3H5N2NaO3. The summed E-state index contributed by atoms with van der Waals surface area (Å²) >= 11 is 0. The van der Waals surface area contributed by atoms with Gasteiger partial charge in [0, 0.05) is 0 Å². The Bertz CT molecular complexity index is 102. The van der Waals surface area contributed by atoms with E-state index in [9.17, 15) is 14.7 Å². The summed E-state index contributed by atoms with van der Waals surface area (Å²) in [5.41, 5.74) is 4.50. The van der Waals surface area contributed by atoms with Crippen molar-refractivity contribution in [3.05, 3.63) is 0 Å². The third-order valence-corrected chi connectivity index (χ3v) is 0.407. The van der Waals surface area contributed by atoms with Crippen LogP contribution in [0.15, 0.2) is 0 Å². The molecule has 2 amide bonds. The van der Waals surface area contributed by atoms with E-state index >= 15 is 0 Å². The van der Waals surface area contributed by atoms with E-state index in [1.807, 2.05) is 5.32 Å². The fourth-order valence-corrected chi connectivity index (χ4v) is 0.159. The van der Waals surface area contributed by atoms with Crippen LogP contribution in [0.25, 0.3) is 0 Å². The number of nitrogens with two attached hydrogens (primary N) is 1. The Morgan fingerprint density at radius 3 is 2.11 bits per heavy atom. The predicted octanol–water partition coefficient (Wildman–Crippen LogP) is -5.59. The first-order chi connectivity index (χ1) is 3.63. The van der Waals surface area contributed by atoms with Gasteiger partial charge in [0.1, 0.15) is 0 Å². The van der Waals surface area contributed by atoms with Gasteiger partial charge in [0.15, 0.2) is 0 Å². The zero-order valence-electron chi connectivity index (χ0n) is 5.01. The smallest absolute Gasteiger partial charge is 0.548 e. The average Bonchev–Trinajstić information content (AvgIpc) is 1.61. The van der Waals surface area contributed by atoms with Gasteiger partial charge in [-0.1, -0.05) is 0 Å². The topological polar surface area (TPSA) is 95.2 Å². The number of amides is 2. The van der Waals surface area contributed by atoms with Gasteiger partial charge < -0.3 is 21.0 Å². The normalized spacial score (nSPS) is 7.11. The van der Waals surface area contributed by atoms with Crippen LogP contribution in [0.5, 0.6) is 0 Å². The molecule has 3 N–H and O–H groups in total. The molecule has 0 atom stereocenters. The van der Waals surface area contributed by atoms with Gasteiger partial charge >= 0.3 is 35.6 Å². The molecule has 0 saturated carbocycles. The molecule has 0 spiro atoms. The molecule has 0 saturated heterocycles. The summed E-state index contributed by atoms with van der Waals surface area (Å²) in [6.45, 7) is -0.532. The Balaban J connectivity index is 0. The molecule has 0 aliphatic carbocycles. The van der Waals surface area contributed by atoms with Crippen LogP contribution in [0.1, 0.15) is 0 Å². The SMILES string of the molecule is NC(=O)NCC(=O)[O-].[Na+]. The van der Waals surface area contributed by atoms with E-state index in [1.54, 1.807) is 0 Å². The van der Waals surface area contributed by atoms with E-state index in [1.165, 1.54) is 0 Å². The minimum absolute atomic E-state index is 0. The molecule has 0 aromatic rings. The largest absolute Gasteiger partial charge is 1.00 e. The monoisotopic (exact) mass is 140 g/mol. The zero-order chi connectivity index (χ0) is 6.57. The first-order valence-electron chi connectivity index (χ1n) is 1.86. The molecule has 0 aliphatic rings. The van der Waals surface area contributed by atoms with Gasteiger partial charge in [-0.2, -0.15) is 0 Å². The van der Waals surface area contributed by atoms with Gasteiger partial charge in [0.05, 0.1) is 12.5 Å². The van der Waals surface area contributed by atoms with Gasteiger partial charge in [-0.25, -0.2) is 4.79 Å². The van der Waals surface area contributed by atoms with Crippen LogP contribution < -0.4 is 45.7 Å². The van der Waals surface area contributed by atoms with Crippen molar-refractivity contribution in [3.63, 3.8) is 0 Å². The van der Waals surface area contributed by atoms with Crippen LogP contribution in [-0.4, -0.2) is 18.5 Å². The van der Waals surface area contributed by atoms with E-state index in [0.29, 0.717) is 0 Å². The first-order valence-corrected chi connectivity index (χ1v) is 1.86. The Hall–Kier alpha value is -0.260. The molecule has 0 bridgehead atoms. The Morgan fingerprint density at radius 1 is 1.56 bits per heavy atom. The molecule has 46 valence electrons. The summed E-state index contributed by atoms with van der Waals surface area (Å²) in [5.74, 6) is -1.36. The average molecular weight is 140 g/mol. The summed E-state index contributed by atoms with van der Waals surface area (Å²) in [6.07, 6.45) is 0. The molecule has 0 fully saturated rings. The van der Waals surface area contributed by atoms with Gasteiger partial charge in [-0.15, -0.1) is 0 Å². The third kappa shape index (κ3) is 11.4. The number of carbonyl (C=O) groups excluding carboxylic acids is 2. The first kappa shape index (κ1) is 11.5. The van der Waals surface area contributed by atoms with E-state index < -0.39 is 18.5 Å². The number of hydrogen-bond donors (Lipinski definition) is 2. The fourth-order valence-electron chi connectivity index (χ4n) is 0.159. The van der Waals surface area contributed by atoms with Crippen LogP contribution in [0, 0.1) is 0 Å². The minimum Gasteiger partial charge on any atom is -0.548 e. The Morgan fingerprint density at radius 2 is 2.00 bits per heavy atom. The van der Waals surface area contributed by atoms with Crippen molar-refractivity contribution in [2.75, 3.05) is 6.54 Å². The van der Waals surface area contributed by atoms with Crippen LogP contribution in [0.4, 0.5) is 4.79 Å². The number of primary amides is 1. The van der Waals surface area contributed by atoms with Crippen molar-refractivity contribution in [2.24, 2.45) is 5.73 Å². The summed E-state index contributed by atoms with van der Waals surface area (Å²) in [4.78, 5) is 19.2. The maximum Gasteiger partial charge on any atom is 1.00 e. The zero-order valence-corrected chi connectivity index (χ0v) is 7.01. The van der Waals surface area contributed by atoms with E-state index in [2.05, 4.69) is 5.73 Å². The molecule has 0 radical (unpaired) electrons. The van der Waals surface area contributed by atoms with Gasteiger partial charge in [-0.3, -0.25) is 0 Å². The van der Waals surface area contributed by atoms with Crippen molar-refractivity contribution in [3.8, 4) is 0 Å². The Kier molecular flexibility index (Phi) is 7.52. The molecule has 5 nitrogen and oxygen atoms in total. The number of urea groups is 1. The standard InChI is InChI=1S/C3H6N2O3.Na/c4-3(8)5-1-2(6)7;/h1H2,(H,6,7)(H3,4,5,8);/q;+1/p-1. The van der Waals surface area contributed by atoms with Crippen molar-refractivity contribution >= 4 is 12.0 Å². The molecule has 0 heterocycles. The van der Waals surface area contributed by atoms with Crippen molar-refractivity contribution < 1.29 is 44.3 Å². The second-order valence-electron chi connectivity index (χ2n) is 1.09. The number of nitrogens with one attached hydrogen (secondary N) is 1. The van der Waals surface area contributed by atoms with Gasteiger partial charge in [0.2, 0.25) is 0 Å². The predicted molar refractivity (Wildman–Crippen MR) is 22.6 cm³/mol. The maximum atomic E-state index is 9.72. The number of carboxylic acids is 1. The molecule has 6 heteroatoms. The Labute approximate surface area is 73.9 Å². The van der Waals surface area contributed by atoms with Crippen molar-refractivity contribution in [1.29, 1.82) is 0 Å². The molecule has 0 rings (SSSR count). The third-order valence-electron chi connectivity index (χ3n) is 0.407. The number of carbonyl (C=O) groups is 2. The number of carboxylic acid groups (broad SMARTS) is 1. The maximum absolute atomic E-state index is 9.72. The number of hydrogen-bond acceptors (Lipinski definition) is 3. The van der Waals surface area contributed by atoms with Crippen molar-refractivity contribution in [1.82, 2.24) is 5.32 Å². The number of rotatable bonds is 2. The van der Waals surface area contributed by atoms with Crippen LogP contribution in [-0.2, 0) is 4.79 Å². The summed E-state index contributed by atoms with van der Waals surface area (Å²) < 4.78 is 0. The second kappa shape index (κ2) is 5.87. The van der Waals surface area contributed by atoms with Crippen molar-refractivity contribution in [2.45, 2.75) is 0 Å². The van der Waals surface area contributed by atoms with Gasteiger partial charge in [-0.05, 0) is 0 Å². The summed E-state index contributed by atoms with van der Waals surface area (Å²) in [7, 11) is 0. The van der Waals surface area contributed by atoms with Crippen LogP contribution in [0.2, 0.25) is 0 Å². The fraction of sp³-hybridized carbons (Fsp3) is 0.333. The number of aliphatic carboxylic acids is 1. The molecule has 0 aromatic heterocycles. The molecule has 0 unspecified atom stereocenters. The van der Waals surface area contributed by atoms with E-state index in [0.717, 1.165) is 0 Å². The quantitative estimate of drug-likeness (QED) is 0.374. The summed E-state index contributed by atoms with van der Waals surface area (Å²) in [6, 6.07) is -0.866. The van der Waals surface area contributed by atoms with Crippen LogP contribution >= 0.6 is 0 Å². The minimum atomic E-state index is -1.36. The van der Waals surface area contributed by atoms with Crippen LogP contribution in [0.3, 0.4) is 0 Å². The van der Waals surface area contributed by atoms with E-state index in [-0.39, 0.29) is 29.6 Å². The second-order valence-corrected chi connectivity index (χ2v) is 1.09. The molecule has 0 aliphatic heterocycles. The molecule has 0 aromatic carbocycles. The van der Waals surface area contributed by atoms with Gasteiger partial charge in [0.25, 0.3) is 0 Å². The summed E-state index contributed by atoms with van der Waals surface area (Å²) in [5, 5.41) is 11.3. The van der Waals surface area contributed by atoms with E-state index in [4.69, 9.17) is 0 Å². The molecule has 9 heavy (non-hydrogen) atoms. The molecular weight excluding hydrogens is 135 g/mol.